The predicted molar refractivity (Wildman–Crippen MR) is 120 cm³/mol. The quantitative estimate of drug-likeness (QED) is 0.680. The number of carbonyl (C=O) groups excluding carboxylic acids is 1. The SMILES string of the molecule is Cc1ccn(-c2cccc3c2CCC3)c(=O)c1C(=O)NC1CCc2nn(C)c(=O)n2CC1. The van der Waals surface area contributed by atoms with Crippen LogP contribution in [-0.4, -0.2) is 30.9 Å². The van der Waals surface area contributed by atoms with Crippen molar-refractivity contribution in [3.63, 3.8) is 0 Å². The molecule has 1 unspecified atom stereocenters. The molecule has 1 amide bonds. The molecular formula is C24H27N5O3. The lowest BCUT2D eigenvalue weighted by molar-refractivity contribution is 0.0930. The summed E-state index contributed by atoms with van der Waals surface area (Å²) < 4.78 is 4.63. The van der Waals surface area contributed by atoms with Gasteiger partial charge in [0.2, 0.25) is 0 Å². The lowest BCUT2D eigenvalue weighted by Gasteiger charge is -2.18. The van der Waals surface area contributed by atoms with Gasteiger partial charge in [0, 0.05) is 32.3 Å². The molecule has 166 valence electrons. The van der Waals surface area contributed by atoms with Crippen LogP contribution in [0.4, 0.5) is 0 Å². The van der Waals surface area contributed by atoms with Crippen molar-refractivity contribution in [2.24, 2.45) is 7.05 Å². The molecule has 8 nitrogen and oxygen atoms in total. The Bertz CT molecular complexity index is 1330. The zero-order valence-electron chi connectivity index (χ0n) is 18.4. The lowest BCUT2D eigenvalue weighted by atomic mass is 10.1. The molecule has 1 N–H and O–H groups in total. The van der Waals surface area contributed by atoms with Gasteiger partial charge in [0.1, 0.15) is 11.4 Å². The molecule has 0 saturated carbocycles. The number of aromatic nitrogens is 4. The number of amides is 1. The molecule has 1 aromatic carbocycles. The Balaban J connectivity index is 1.41. The number of aryl methyl sites for hydroxylation is 4. The largest absolute Gasteiger partial charge is 0.349 e. The number of benzene rings is 1. The van der Waals surface area contributed by atoms with Crippen molar-refractivity contribution in [1.29, 1.82) is 0 Å². The summed E-state index contributed by atoms with van der Waals surface area (Å²) in [7, 11) is 1.65. The summed E-state index contributed by atoms with van der Waals surface area (Å²) in [6.45, 7) is 2.30. The molecule has 1 aliphatic heterocycles. The van der Waals surface area contributed by atoms with Crippen molar-refractivity contribution in [2.45, 2.75) is 58.0 Å². The van der Waals surface area contributed by atoms with E-state index < -0.39 is 0 Å². The Morgan fingerprint density at radius 2 is 1.97 bits per heavy atom. The number of nitrogens with one attached hydrogen (secondary N) is 1. The van der Waals surface area contributed by atoms with E-state index in [1.54, 1.807) is 29.3 Å². The van der Waals surface area contributed by atoms with Gasteiger partial charge in [-0.05, 0) is 67.9 Å². The number of hydrogen-bond acceptors (Lipinski definition) is 4. The summed E-state index contributed by atoms with van der Waals surface area (Å²) in [5.41, 5.74) is 3.76. The fourth-order valence-electron chi connectivity index (χ4n) is 5.02. The van der Waals surface area contributed by atoms with Crippen LogP contribution < -0.4 is 16.6 Å². The lowest BCUT2D eigenvalue weighted by Crippen LogP contribution is -2.40. The molecule has 3 heterocycles. The summed E-state index contributed by atoms with van der Waals surface area (Å²) >= 11 is 0. The molecule has 2 aliphatic rings. The van der Waals surface area contributed by atoms with Crippen molar-refractivity contribution in [2.75, 3.05) is 0 Å². The van der Waals surface area contributed by atoms with E-state index in [4.69, 9.17) is 0 Å². The fourth-order valence-corrected chi connectivity index (χ4v) is 5.02. The van der Waals surface area contributed by atoms with Crippen molar-refractivity contribution in [3.8, 4) is 5.69 Å². The van der Waals surface area contributed by atoms with E-state index in [9.17, 15) is 14.4 Å². The normalized spacial score (nSPS) is 17.5. The molecule has 0 saturated heterocycles. The maximum atomic E-state index is 13.4. The number of hydrogen-bond donors (Lipinski definition) is 1. The second-order valence-corrected chi connectivity index (χ2v) is 8.79. The number of pyridine rings is 1. The van der Waals surface area contributed by atoms with Gasteiger partial charge >= 0.3 is 5.69 Å². The highest BCUT2D eigenvalue weighted by Crippen LogP contribution is 2.27. The highest BCUT2D eigenvalue weighted by molar-refractivity contribution is 5.95. The zero-order valence-corrected chi connectivity index (χ0v) is 18.4. The summed E-state index contributed by atoms with van der Waals surface area (Å²) in [6, 6.07) is 7.75. The minimum absolute atomic E-state index is 0.123. The van der Waals surface area contributed by atoms with E-state index in [0.29, 0.717) is 31.4 Å². The molecule has 5 rings (SSSR count). The minimum atomic E-state index is -0.355. The molecule has 0 fully saturated rings. The highest BCUT2D eigenvalue weighted by Gasteiger charge is 2.25. The van der Waals surface area contributed by atoms with E-state index in [1.165, 1.54) is 15.8 Å². The van der Waals surface area contributed by atoms with E-state index in [2.05, 4.69) is 16.5 Å². The third-order valence-corrected chi connectivity index (χ3v) is 6.75. The first-order chi connectivity index (χ1) is 15.4. The molecule has 0 radical (unpaired) electrons. The van der Waals surface area contributed by atoms with Crippen LogP contribution in [0.25, 0.3) is 5.69 Å². The van der Waals surface area contributed by atoms with Crippen LogP contribution in [0.2, 0.25) is 0 Å². The molecule has 2 aromatic heterocycles. The standard InChI is InChI=1S/C24H27N5O3/c1-15-11-13-28(19-8-4-6-16-5-3-7-18(16)19)23(31)21(15)22(30)25-17-9-10-20-26-27(2)24(32)29(20)14-12-17/h4,6,8,11,13,17H,3,5,7,9-10,12,14H2,1-2H3,(H,25,30). The average molecular weight is 434 g/mol. The third kappa shape index (κ3) is 3.39. The fraction of sp³-hybridized carbons (Fsp3) is 0.417. The van der Waals surface area contributed by atoms with Crippen LogP contribution in [0.3, 0.4) is 0 Å². The van der Waals surface area contributed by atoms with Crippen molar-refractivity contribution < 1.29 is 4.79 Å². The molecule has 0 bridgehead atoms. The van der Waals surface area contributed by atoms with Crippen LogP contribution in [0.15, 0.2) is 40.1 Å². The molecule has 3 aromatic rings. The van der Waals surface area contributed by atoms with Crippen LogP contribution >= 0.6 is 0 Å². The predicted octanol–water partition coefficient (Wildman–Crippen LogP) is 1.66. The van der Waals surface area contributed by atoms with Crippen LogP contribution in [0, 0.1) is 6.92 Å². The highest BCUT2D eigenvalue weighted by atomic mass is 16.2. The second kappa shape index (κ2) is 7.93. The molecule has 0 spiro atoms. The third-order valence-electron chi connectivity index (χ3n) is 6.75. The van der Waals surface area contributed by atoms with Crippen LogP contribution in [-0.2, 0) is 32.9 Å². The van der Waals surface area contributed by atoms with Gasteiger partial charge in [0.25, 0.3) is 11.5 Å². The van der Waals surface area contributed by atoms with Gasteiger partial charge in [0.15, 0.2) is 0 Å². The Hall–Kier alpha value is -3.42. The van der Waals surface area contributed by atoms with Gasteiger partial charge < -0.3 is 5.32 Å². The zero-order chi connectivity index (χ0) is 22.4. The maximum Gasteiger partial charge on any atom is 0.345 e. The molecule has 1 aliphatic carbocycles. The van der Waals surface area contributed by atoms with Crippen molar-refractivity contribution >= 4 is 5.91 Å². The van der Waals surface area contributed by atoms with Gasteiger partial charge in [0.05, 0.1) is 5.69 Å². The first-order valence-corrected chi connectivity index (χ1v) is 11.2. The van der Waals surface area contributed by atoms with Gasteiger partial charge in [-0.25, -0.2) is 9.48 Å². The van der Waals surface area contributed by atoms with Crippen molar-refractivity contribution in [3.05, 3.63) is 79.4 Å². The summed E-state index contributed by atoms with van der Waals surface area (Å²) in [4.78, 5) is 38.8. The monoisotopic (exact) mass is 433 g/mol. The topological polar surface area (TPSA) is 90.9 Å². The molecular weight excluding hydrogens is 406 g/mol. The molecule has 1 atom stereocenters. The summed E-state index contributed by atoms with van der Waals surface area (Å²) in [5, 5.41) is 7.33. The van der Waals surface area contributed by atoms with Gasteiger partial charge in [-0.15, -0.1) is 0 Å². The summed E-state index contributed by atoms with van der Waals surface area (Å²) in [5.74, 6) is 0.386. The Kier molecular flexibility index (Phi) is 5.07. The average Bonchev–Trinajstić information content (AvgIpc) is 3.29. The van der Waals surface area contributed by atoms with Crippen LogP contribution in [0.1, 0.15) is 52.1 Å². The number of carbonyl (C=O) groups is 1. The number of nitrogens with zero attached hydrogens (tertiary/aromatic N) is 4. The number of fused-ring (bicyclic) bond motifs is 2. The maximum absolute atomic E-state index is 13.4. The Morgan fingerprint density at radius 3 is 2.81 bits per heavy atom. The van der Waals surface area contributed by atoms with E-state index in [-0.39, 0.29) is 28.8 Å². The molecule has 8 heteroatoms. The Labute approximate surface area is 185 Å². The summed E-state index contributed by atoms with van der Waals surface area (Å²) in [6.07, 6.45) is 6.73. The Morgan fingerprint density at radius 1 is 1.12 bits per heavy atom. The van der Waals surface area contributed by atoms with Gasteiger partial charge in [-0.3, -0.25) is 18.7 Å². The van der Waals surface area contributed by atoms with E-state index in [0.717, 1.165) is 30.8 Å². The minimum Gasteiger partial charge on any atom is -0.349 e. The second-order valence-electron chi connectivity index (χ2n) is 8.79. The number of rotatable bonds is 3. The van der Waals surface area contributed by atoms with Crippen LogP contribution in [0.5, 0.6) is 0 Å². The first-order valence-electron chi connectivity index (χ1n) is 11.2. The van der Waals surface area contributed by atoms with Crippen molar-refractivity contribution in [1.82, 2.24) is 24.2 Å². The van der Waals surface area contributed by atoms with Gasteiger partial charge in [-0.1, -0.05) is 12.1 Å². The van der Waals surface area contributed by atoms with Gasteiger partial charge in [-0.2, -0.15) is 5.10 Å². The first kappa shape index (κ1) is 20.5. The molecule has 32 heavy (non-hydrogen) atoms. The van der Waals surface area contributed by atoms with E-state index in [1.807, 2.05) is 18.2 Å². The van der Waals surface area contributed by atoms with E-state index >= 15 is 0 Å². The smallest absolute Gasteiger partial charge is 0.345 e.